The monoisotopic (exact) mass is 410 g/mol. The molecule has 1 saturated heterocycles. The summed E-state index contributed by atoms with van der Waals surface area (Å²) in [6.07, 6.45) is 15.4. The van der Waals surface area contributed by atoms with E-state index in [1.54, 1.807) is 12.4 Å². The van der Waals surface area contributed by atoms with Crippen molar-refractivity contribution in [1.82, 2.24) is 9.97 Å². The molecule has 2 aromatic rings. The first-order valence-corrected chi connectivity index (χ1v) is 11.1. The Hall–Kier alpha value is -2.40. The Balaban J connectivity index is 1.31. The molecule has 0 spiro atoms. The third-order valence-electron chi connectivity index (χ3n) is 5.24. The first-order valence-electron chi connectivity index (χ1n) is 11.1. The summed E-state index contributed by atoms with van der Waals surface area (Å²) < 4.78 is 16.9. The number of rotatable bonds is 15. The summed E-state index contributed by atoms with van der Waals surface area (Å²) in [6.45, 7) is 7.87. The van der Waals surface area contributed by atoms with E-state index in [1.807, 2.05) is 37.3 Å². The number of hydrogen-bond donors (Lipinski definition) is 0. The SMILES string of the molecule is C=CCCCCCCCCCOc1cnc(-c2ccc(OC[C@@]3(C)CO3)cc2)nc1. The second-order valence-corrected chi connectivity index (χ2v) is 8.19. The predicted molar refractivity (Wildman–Crippen MR) is 120 cm³/mol. The highest BCUT2D eigenvalue weighted by Crippen LogP contribution is 2.27. The molecule has 0 amide bonds. The minimum absolute atomic E-state index is 0.108. The van der Waals surface area contributed by atoms with Crippen molar-refractivity contribution in [2.45, 2.75) is 63.9 Å². The molecule has 0 bridgehead atoms. The molecule has 1 fully saturated rings. The molecule has 0 aliphatic carbocycles. The smallest absolute Gasteiger partial charge is 0.159 e. The van der Waals surface area contributed by atoms with E-state index in [-0.39, 0.29) is 5.60 Å². The van der Waals surface area contributed by atoms with Gasteiger partial charge in [-0.2, -0.15) is 0 Å². The van der Waals surface area contributed by atoms with Crippen LogP contribution in [-0.4, -0.2) is 35.4 Å². The van der Waals surface area contributed by atoms with Gasteiger partial charge in [-0.3, -0.25) is 0 Å². The van der Waals surface area contributed by atoms with Crippen LogP contribution < -0.4 is 9.47 Å². The van der Waals surface area contributed by atoms with E-state index in [4.69, 9.17) is 14.2 Å². The van der Waals surface area contributed by atoms with E-state index in [1.165, 1.54) is 38.5 Å². The van der Waals surface area contributed by atoms with Crippen LogP contribution in [0.4, 0.5) is 0 Å². The van der Waals surface area contributed by atoms with Crippen LogP contribution in [0.5, 0.6) is 11.5 Å². The van der Waals surface area contributed by atoms with Crippen LogP contribution in [0.15, 0.2) is 49.3 Å². The molecule has 5 heteroatoms. The standard InChI is InChI=1S/C25H34N2O3/c1-3-4-5-6-7-8-9-10-11-16-28-23-17-26-24(27-18-23)21-12-14-22(15-13-21)29-19-25(2)20-30-25/h3,12-15,17-18H,1,4-11,16,19-20H2,2H3/t25-/m0/s1. The van der Waals surface area contributed by atoms with Crippen LogP contribution in [0.3, 0.4) is 0 Å². The number of aromatic nitrogens is 2. The average Bonchev–Trinajstić information content (AvgIpc) is 3.52. The van der Waals surface area contributed by atoms with Gasteiger partial charge in [0.15, 0.2) is 11.6 Å². The van der Waals surface area contributed by atoms with Gasteiger partial charge in [-0.25, -0.2) is 9.97 Å². The summed E-state index contributed by atoms with van der Waals surface area (Å²) in [5.41, 5.74) is 0.846. The molecule has 0 unspecified atom stereocenters. The molecule has 0 saturated carbocycles. The van der Waals surface area contributed by atoms with Gasteiger partial charge in [0.1, 0.15) is 18.0 Å². The van der Waals surface area contributed by atoms with Gasteiger partial charge < -0.3 is 14.2 Å². The fraction of sp³-hybridized carbons (Fsp3) is 0.520. The molecule has 0 radical (unpaired) electrons. The van der Waals surface area contributed by atoms with Gasteiger partial charge in [0.25, 0.3) is 0 Å². The zero-order chi connectivity index (χ0) is 21.1. The van der Waals surface area contributed by atoms with Crippen LogP contribution in [0, 0.1) is 0 Å². The topological polar surface area (TPSA) is 56.8 Å². The van der Waals surface area contributed by atoms with E-state index in [0.717, 1.165) is 36.5 Å². The Morgan fingerprint density at radius 1 is 0.933 bits per heavy atom. The third kappa shape index (κ3) is 7.79. The minimum atomic E-state index is -0.108. The first-order chi connectivity index (χ1) is 14.7. The summed E-state index contributed by atoms with van der Waals surface area (Å²) in [5.74, 6) is 2.23. The molecular formula is C25H34N2O3. The molecular weight excluding hydrogens is 376 g/mol. The maximum Gasteiger partial charge on any atom is 0.159 e. The predicted octanol–water partition coefficient (Wildman–Crippen LogP) is 6.00. The Bertz CT molecular complexity index is 755. The molecule has 5 nitrogen and oxygen atoms in total. The zero-order valence-electron chi connectivity index (χ0n) is 18.1. The van der Waals surface area contributed by atoms with Crippen LogP contribution in [0.1, 0.15) is 58.3 Å². The Labute approximate surface area is 180 Å². The van der Waals surface area contributed by atoms with Gasteiger partial charge in [-0.15, -0.1) is 6.58 Å². The van der Waals surface area contributed by atoms with Crippen molar-refractivity contribution < 1.29 is 14.2 Å². The van der Waals surface area contributed by atoms with Crippen molar-refractivity contribution in [3.8, 4) is 22.9 Å². The molecule has 1 aromatic heterocycles. The fourth-order valence-electron chi connectivity index (χ4n) is 3.15. The van der Waals surface area contributed by atoms with Crippen molar-refractivity contribution in [2.75, 3.05) is 19.8 Å². The summed E-state index contributed by atoms with van der Waals surface area (Å²) in [6, 6.07) is 7.82. The van der Waals surface area contributed by atoms with Gasteiger partial charge >= 0.3 is 0 Å². The van der Waals surface area contributed by atoms with E-state index >= 15 is 0 Å². The molecule has 1 aliphatic heterocycles. The van der Waals surface area contributed by atoms with Crippen molar-refractivity contribution >= 4 is 0 Å². The number of epoxide rings is 1. The molecule has 162 valence electrons. The van der Waals surface area contributed by atoms with E-state index in [2.05, 4.69) is 16.5 Å². The Morgan fingerprint density at radius 3 is 2.20 bits per heavy atom. The van der Waals surface area contributed by atoms with Crippen LogP contribution >= 0.6 is 0 Å². The average molecular weight is 411 g/mol. The van der Waals surface area contributed by atoms with Crippen molar-refractivity contribution in [2.24, 2.45) is 0 Å². The molecule has 3 rings (SSSR count). The van der Waals surface area contributed by atoms with Gasteiger partial charge in [0, 0.05) is 5.56 Å². The van der Waals surface area contributed by atoms with E-state index in [0.29, 0.717) is 19.0 Å². The summed E-state index contributed by atoms with van der Waals surface area (Å²) >= 11 is 0. The Kier molecular flexibility index (Phi) is 8.69. The number of hydrogen-bond acceptors (Lipinski definition) is 5. The second kappa shape index (κ2) is 11.7. The lowest BCUT2D eigenvalue weighted by Gasteiger charge is -2.09. The summed E-state index contributed by atoms with van der Waals surface area (Å²) in [4.78, 5) is 8.87. The number of allylic oxidation sites excluding steroid dienone is 1. The van der Waals surface area contributed by atoms with Gasteiger partial charge in [0.2, 0.25) is 0 Å². The van der Waals surface area contributed by atoms with Crippen LogP contribution in [-0.2, 0) is 4.74 Å². The molecule has 2 heterocycles. The maximum atomic E-state index is 5.78. The number of nitrogens with zero attached hydrogens (tertiary/aromatic N) is 2. The molecule has 1 aliphatic rings. The molecule has 1 aromatic carbocycles. The highest BCUT2D eigenvalue weighted by atomic mass is 16.6. The van der Waals surface area contributed by atoms with Gasteiger partial charge in [-0.1, -0.05) is 38.2 Å². The summed E-state index contributed by atoms with van der Waals surface area (Å²) in [5, 5.41) is 0. The largest absolute Gasteiger partial charge is 0.491 e. The lowest BCUT2D eigenvalue weighted by molar-refractivity contribution is 0.202. The quantitative estimate of drug-likeness (QED) is 0.205. The second-order valence-electron chi connectivity index (χ2n) is 8.19. The summed E-state index contributed by atoms with van der Waals surface area (Å²) in [7, 11) is 0. The lowest BCUT2D eigenvalue weighted by Crippen LogP contribution is -2.16. The number of ether oxygens (including phenoxy) is 3. The molecule has 30 heavy (non-hydrogen) atoms. The van der Waals surface area contributed by atoms with Crippen molar-refractivity contribution in [3.63, 3.8) is 0 Å². The van der Waals surface area contributed by atoms with Gasteiger partial charge in [-0.05, 0) is 50.5 Å². The normalized spacial score (nSPS) is 17.5. The number of unbranched alkanes of at least 4 members (excludes halogenated alkanes) is 7. The van der Waals surface area contributed by atoms with E-state index < -0.39 is 0 Å². The fourth-order valence-corrected chi connectivity index (χ4v) is 3.15. The van der Waals surface area contributed by atoms with Crippen molar-refractivity contribution in [1.29, 1.82) is 0 Å². The van der Waals surface area contributed by atoms with E-state index in [9.17, 15) is 0 Å². The molecule has 0 N–H and O–H groups in total. The first kappa shape index (κ1) is 22.3. The van der Waals surface area contributed by atoms with Gasteiger partial charge in [0.05, 0.1) is 25.6 Å². The highest BCUT2D eigenvalue weighted by Gasteiger charge is 2.40. The highest BCUT2D eigenvalue weighted by molar-refractivity contribution is 5.56. The molecule has 1 atom stereocenters. The third-order valence-corrected chi connectivity index (χ3v) is 5.24. The Morgan fingerprint density at radius 2 is 1.57 bits per heavy atom. The lowest BCUT2D eigenvalue weighted by atomic mass is 10.1. The number of benzene rings is 1. The zero-order valence-corrected chi connectivity index (χ0v) is 18.1. The van der Waals surface area contributed by atoms with Crippen LogP contribution in [0.2, 0.25) is 0 Å². The minimum Gasteiger partial charge on any atom is -0.491 e. The van der Waals surface area contributed by atoms with Crippen LogP contribution in [0.25, 0.3) is 11.4 Å². The van der Waals surface area contributed by atoms with Crippen molar-refractivity contribution in [3.05, 3.63) is 49.3 Å². The maximum absolute atomic E-state index is 5.78.